The molecule has 0 saturated carbocycles. The van der Waals surface area contributed by atoms with Gasteiger partial charge in [-0.05, 0) is 6.92 Å². The fraction of sp³-hybridized carbons (Fsp3) is 0.600. The van der Waals surface area contributed by atoms with Gasteiger partial charge in [-0.15, -0.1) is 0 Å². The Morgan fingerprint density at radius 3 is 2.25 bits per heavy atom. The molecule has 0 fully saturated rings. The number of aliphatic imine (C=N–C) groups is 1. The summed E-state index contributed by atoms with van der Waals surface area (Å²) in [5.74, 6) is 0. The molecule has 0 aliphatic carbocycles. The summed E-state index contributed by atoms with van der Waals surface area (Å²) in [6, 6.07) is 0. The van der Waals surface area contributed by atoms with Gasteiger partial charge < -0.3 is 4.90 Å². The third-order valence-corrected chi connectivity index (χ3v) is 0.576. The second-order valence-corrected chi connectivity index (χ2v) is 2.32. The van der Waals surface area contributed by atoms with Gasteiger partial charge in [-0.1, -0.05) is 12.2 Å². The van der Waals surface area contributed by atoms with E-state index in [9.17, 15) is 0 Å². The Morgan fingerprint density at radius 2 is 2.12 bits per heavy atom. The lowest BCUT2D eigenvalue weighted by molar-refractivity contribution is 0.644. The molecule has 0 unspecified atom stereocenters. The first-order valence-corrected chi connectivity index (χ1v) is 2.75. The second kappa shape index (κ2) is 3.55. The predicted octanol–water partition coefficient (Wildman–Crippen LogP) is 0.924. The zero-order valence-corrected chi connectivity index (χ0v) is 6.20. The van der Waals surface area contributed by atoms with Crippen LogP contribution >= 0.6 is 12.2 Å². The third kappa shape index (κ3) is 5.56. The van der Waals surface area contributed by atoms with Gasteiger partial charge in [-0.25, -0.2) is 4.99 Å². The summed E-state index contributed by atoms with van der Waals surface area (Å²) in [6.45, 7) is 1.79. The Kier molecular flexibility index (Phi) is 3.35. The molecule has 0 heterocycles. The van der Waals surface area contributed by atoms with Crippen LogP contribution in [0.2, 0.25) is 0 Å². The molecule has 0 aliphatic rings. The van der Waals surface area contributed by atoms with Gasteiger partial charge >= 0.3 is 0 Å². The lowest BCUT2D eigenvalue weighted by Gasteiger charge is -1.99. The van der Waals surface area contributed by atoms with Crippen molar-refractivity contribution in [3.05, 3.63) is 0 Å². The van der Waals surface area contributed by atoms with Crippen LogP contribution in [-0.2, 0) is 0 Å². The molecule has 0 saturated heterocycles. The van der Waals surface area contributed by atoms with E-state index in [0.29, 0.717) is 4.99 Å². The summed E-state index contributed by atoms with van der Waals surface area (Å²) in [6.07, 6.45) is 1.68. The van der Waals surface area contributed by atoms with E-state index >= 15 is 0 Å². The zero-order chi connectivity index (χ0) is 6.57. The Bertz CT molecular complexity index is 107. The standard InChI is InChI=1S/C5H10N2S/c1-5(8)6-4-7(2)3/h4H,1-3H3/b6-4+. The first-order chi connectivity index (χ1) is 3.63. The summed E-state index contributed by atoms with van der Waals surface area (Å²) in [5.41, 5.74) is 0. The summed E-state index contributed by atoms with van der Waals surface area (Å²) < 4.78 is 0. The predicted molar refractivity (Wildman–Crippen MR) is 40.5 cm³/mol. The van der Waals surface area contributed by atoms with Crippen LogP contribution in [0.3, 0.4) is 0 Å². The van der Waals surface area contributed by atoms with E-state index in [4.69, 9.17) is 0 Å². The molecule has 0 aromatic rings. The number of rotatable bonds is 1. The van der Waals surface area contributed by atoms with Crippen LogP contribution in [0.25, 0.3) is 0 Å². The largest absolute Gasteiger partial charge is 0.369 e. The molecule has 0 atom stereocenters. The molecule has 0 aliphatic heterocycles. The van der Waals surface area contributed by atoms with Crippen molar-refractivity contribution in [3.63, 3.8) is 0 Å². The average molecular weight is 130 g/mol. The summed E-state index contributed by atoms with van der Waals surface area (Å²) in [4.78, 5) is 6.36. The highest BCUT2D eigenvalue weighted by Gasteiger charge is 1.76. The van der Waals surface area contributed by atoms with Crippen LogP contribution in [0, 0.1) is 0 Å². The van der Waals surface area contributed by atoms with E-state index in [1.54, 1.807) is 13.3 Å². The molecular formula is C5H10N2S. The molecule has 0 amide bonds. The molecule has 0 rings (SSSR count). The Balaban J connectivity index is 3.50. The lowest BCUT2D eigenvalue weighted by Crippen LogP contribution is -2.08. The summed E-state index contributed by atoms with van der Waals surface area (Å²) >= 11 is 4.69. The van der Waals surface area contributed by atoms with Crippen LogP contribution < -0.4 is 0 Å². The highest BCUT2D eigenvalue weighted by atomic mass is 32.1. The fourth-order valence-corrected chi connectivity index (χ4v) is 0.244. The van der Waals surface area contributed by atoms with Crippen molar-refractivity contribution in [1.82, 2.24) is 4.90 Å². The topological polar surface area (TPSA) is 15.6 Å². The van der Waals surface area contributed by atoms with Crippen LogP contribution in [0.15, 0.2) is 4.99 Å². The van der Waals surface area contributed by atoms with Gasteiger partial charge in [0, 0.05) is 14.1 Å². The van der Waals surface area contributed by atoms with Crippen LogP contribution in [0.4, 0.5) is 0 Å². The molecule has 3 heteroatoms. The molecule has 0 bridgehead atoms. The minimum atomic E-state index is 0.665. The maximum Gasteiger partial charge on any atom is 0.102 e. The van der Waals surface area contributed by atoms with Crippen LogP contribution in [-0.4, -0.2) is 30.3 Å². The van der Waals surface area contributed by atoms with Gasteiger partial charge in [-0.3, -0.25) is 0 Å². The minimum Gasteiger partial charge on any atom is -0.369 e. The first kappa shape index (κ1) is 7.56. The van der Waals surface area contributed by atoms with Crippen molar-refractivity contribution in [2.45, 2.75) is 6.92 Å². The molecular weight excluding hydrogens is 120 g/mol. The van der Waals surface area contributed by atoms with Gasteiger partial charge in [0.05, 0.1) is 6.34 Å². The van der Waals surface area contributed by atoms with E-state index < -0.39 is 0 Å². The van der Waals surface area contributed by atoms with Gasteiger partial charge in [-0.2, -0.15) is 0 Å². The molecule has 46 valence electrons. The maximum atomic E-state index is 4.69. The van der Waals surface area contributed by atoms with E-state index in [-0.39, 0.29) is 0 Å². The SMILES string of the molecule is CC(=S)/N=C/N(C)C. The van der Waals surface area contributed by atoms with Crippen molar-refractivity contribution in [2.75, 3.05) is 14.1 Å². The normalized spacial score (nSPS) is 9.88. The summed E-state index contributed by atoms with van der Waals surface area (Å²) in [7, 11) is 3.81. The van der Waals surface area contributed by atoms with Crippen molar-refractivity contribution in [3.8, 4) is 0 Å². The maximum absolute atomic E-state index is 4.69. The fourth-order valence-electron chi connectivity index (χ4n) is 0.197. The van der Waals surface area contributed by atoms with Crippen molar-refractivity contribution >= 4 is 23.5 Å². The number of hydrogen-bond acceptors (Lipinski definition) is 1. The molecule has 0 N–H and O–H groups in total. The van der Waals surface area contributed by atoms with Crippen molar-refractivity contribution in [2.24, 2.45) is 4.99 Å². The van der Waals surface area contributed by atoms with Crippen LogP contribution in [0.5, 0.6) is 0 Å². The van der Waals surface area contributed by atoms with E-state index in [1.165, 1.54) is 0 Å². The average Bonchev–Trinajstić information content (AvgIpc) is 1.61. The number of thiocarbonyl (C=S) groups is 1. The first-order valence-electron chi connectivity index (χ1n) is 2.34. The van der Waals surface area contributed by atoms with E-state index in [0.717, 1.165) is 0 Å². The molecule has 0 spiro atoms. The van der Waals surface area contributed by atoms with Gasteiger partial charge in [0.1, 0.15) is 4.99 Å². The Morgan fingerprint density at radius 1 is 1.62 bits per heavy atom. The molecule has 8 heavy (non-hydrogen) atoms. The molecule has 0 aromatic heterocycles. The van der Waals surface area contributed by atoms with Crippen molar-refractivity contribution < 1.29 is 0 Å². The van der Waals surface area contributed by atoms with Gasteiger partial charge in [0.15, 0.2) is 0 Å². The number of nitrogens with zero attached hydrogens (tertiary/aromatic N) is 2. The molecule has 0 aromatic carbocycles. The Labute approximate surface area is 55.2 Å². The van der Waals surface area contributed by atoms with Crippen LogP contribution in [0.1, 0.15) is 6.92 Å². The van der Waals surface area contributed by atoms with Crippen molar-refractivity contribution in [1.29, 1.82) is 0 Å². The quantitative estimate of drug-likeness (QED) is 0.298. The van der Waals surface area contributed by atoms with Gasteiger partial charge in [0.2, 0.25) is 0 Å². The Hall–Kier alpha value is -0.440. The third-order valence-electron chi connectivity index (χ3n) is 0.470. The highest BCUT2D eigenvalue weighted by molar-refractivity contribution is 7.80. The second-order valence-electron chi connectivity index (χ2n) is 1.73. The van der Waals surface area contributed by atoms with E-state index in [2.05, 4.69) is 17.2 Å². The summed E-state index contributed by atoms with van der Waals surface area (Å²) in [5, 5.41) is 0. The lowest BCUT2D eigenvalue weighted by atomic mass is 10.8. The van der Waals surface area contributed by atoms with Gasteiger partial charge in [0.25, 0.3) is 0 Å². The molecule has 0 radical (unpaired) electrons. The minimum absolute atomic E-state index is 0.665. The highest BCUT2D eigenvalue weighted by Crippen LogP contribution is 1.74. The smallest absolute Gasteiger partial charge is 0.102 e. The molecule has 2 nitrogen and oxygen atoms in total. The van der Waals surface area contributed by atoms with E-state index in [1.807, 2.05) is 19.0 Å². The number of hydrogen-bond donors (Lipinski definition) is 0. The monoisotopic (exact) mass is 130 g/mol. The zero-order valence-electron chi connectivity index (χ0n) is 5.38.